The summed E-state index contributed by atoms with van der Waals surface area (Å²) >= 11 is 1.71. The zero-order valence-corrected chi connectivity index (χ0v) is 6.10. The summed E-state index contributed by atoms with van der Waals surface area (Å²) in [4.78, 5) is 0. The highest BCUT2D eigenvalue weighted by atomic mass is 32.2. The van der Waals surface area contributed by atoms with Gasteiger partial charge in [0, 0.05) is 6.07 Å². The molecule has 0 spiro atoms. The molecule has 0 atom stereocenters. The molecule has 0 saturated carbocycles. The highest BCUT2D eigenvalue weighted by molar-refractivity contribution is 8.05. The Bertz CT molecular complexity index is 222. The van der Waals surface area contributed by atoms with E-state index in [1.54, 1.807) is 18.0 Å². The fraction of sp³-hybridized carbons (Fsp3) is 0.143. The van der Waals surface area contributed by atoms with Crippen LogP contribution in [0.5, 0.6) is 0 Å². The lowest BCUT2D eigenvalue weighted by molar-refractivity contribution is 0.415. The monoisotopic (exact) mass is 152 g/mol. The summed E-state index contributed by atoms with van der Waals surface area (Å²) in [6.07, 6.45) is 4.72. The Morgan fingerprint density at radius 3 is 3.20 bits per heavy atom. The quantitative estimate of drug-likeness (QED) is 0.617. The SMILES string of the molecule is C1=CS[C](c2ccon2)C1. The van der Waals surface area contributed by atoms with Gasteiger partial charge in [0.1, 0.15) is 12.0 Å². The van der Waals surface area contributed by atoms with E-state index in [-0.39, 0.29) is 0 Å². The van der Waals surface area contributed by atoms with Gasteiger partial charge in [-0.15, -0.1) is 11.8 Å². The van der Waals surface area contributed by atoms with Crippen molar-refractivity contribution in [1.82, 2.24) is 5.16 Å². The van der Waals surface area contributed by atoms with Crippen LogP contribution in [0.4, 0.5) is 0 Å². The van der Waals surface area contributed by atoms with Gasteiger partial charge in [0.15, 0.2) is 0 Å². The van der Waals surface area contributed by atoms with Gasteiger partial charge < -0.3 is 4.52 Å². The van der Waals surface area contributed by atoms with Crippen molar-refractivity contribution < 1.29 is 4.52 Å². The molecule has 0 fully saturated rings. The molecule has 0 saturated heterocycles. The van der Waals surface area contributed by atoms with Crippen molar-refractivity contribution in [3.05, 3.63) is 34.8 Å². The molecule has 1 aliphatic heterocycles. The predicted octanol–water partition coefficient (Wildman–Crippen LogP) is 2.21. The minimum atomic E-state index is 0.968. The normalized spacial score (nSPS) is 18.4. The number of allylic oxidation sites excluding steroid dienone is 1. The van der Waals surface area contributed by atoms with Crippen LogP contribution in [0.15, 0.2) is 28.3 Å². The van der Waals surface area contributed by atoms with Crippen molar-refractivity contribution in [2.24, 2.45) is 0 Å². The molecule has 1 aromatic heterocycles. The second-order valence-electron chi connectivity index (χ2n) is 2.00. The third-order valence-electron chi connectivity index (χ3n) is 1.33. The summed E-state index contributed by atoms with van der Waals surface area (Å²) in [7, 11) is 0. The van der Waals surface area contributed by atoms with Gasteiger partial charge in [0.2, 0.25) is 0 Å². The van der Waals surface area contributed by atoms with Crippen LogP contribution >= 0.6 is 11.8 Å². The van der Waals surface area contributed by atoms with E-state index >= 15 is 0 Å². The molecule has 1 radical (unpaired) electrons. The Kier molecular flexibility index (Phi) is 1.51. The molecule has 2 heterocycles. The van der Waals surface area contributed by atoms with Crippen molar-refractivity contribution >= 4 is 11.8 Å². The van der Waals surface area contributed by atoms with Crippen LogP contribution in [-0.2, 0) is 0 Å². The van der Waals surface area contributed by atoms with Gasteiger partial charge in [0.25, 0.3) is 0 Å². The molecule has 51 valence electrons. The van der Waals surface area contributed by atoms with Crippen molar-refractivity contribution in [3.63, 3.8) is 0 Å². The predicted molar refractivity (Wildman–Crippen MR) is 40.2 cm³/mol. The van der Waals surface area contributed by atoms with Crippen LogP contribution in [-0.4, -0.2) is 5.16 Å². The van der Waals surface area contributed by atoms with E-state index in [2.05, 4.69) is 16.6 Å². The lowest BCUT2D eigenvalue weighted by Gasteiger charge is -1.98. The lowest BCUT2D eigenvalue weighted by Crippen LogP contribution is -1.87. The molecule has 0 N–H and O–H groups in total. The number of rotatable bonds is 1. The van der Waals surface area contributed by atoms with Gasteiger partial charge >= 0.3 is 0 Å². The standard InChI is InChI=1S/C7H6NOS/c1-2-7(10-5-1)6-3-4-9-8-6/h1,3-5H,2H2. The second-order valence-corrected chi connectivity index (χ2v) is 3.00. The van der Waals surface area contributed by atoms with E-state index < -0.39 is 0 Å². The first-order valence-corrected chi connectivity index (χ1v) is 3.93. The Hall–Kier alpha value is -0.700. The molecule has 0 aromatic carbocycles. The van der Waals surface area contributed by atoms with Gasteiger partial charge in [-0.3, -0.25) is 0 Å². The molecule has 2 nitrogen and oxygen atoms in total. The van der Waals surface area contributed by atoms with Gasteiger partial charge in [-0.1, -0.05) is 11.2 Å². The summed E-state index contributed by atoms with van der Waals surface area (Å²) in [5, 5.41) is 7.17. The van der Waals surface area contributed by atoms with Crippen LogP contribution in [0, 0.1) is 5.25 Å². The van der Waals surface area contributed by atoms with Crippen LogP contribution in [0.1, 0.15) is 12.1 Å². The Balaban J connectivity index is 2.14. The average Bonchev–Trinajstić information content (AvgIpc) is 2.59. The smallest absolute Gasteiger partial charge is 0.124 e. The van der Waals surface area contributed by atoms with Crippen molar-refractivity contribution in [2.75, 3.05) is 0 Å². The maximum atomic E-state index is 4.71. The molecule has 0 amide bonds. The minimum Gasteiger partial charge on any atom is -0.364 e. The molecular formula is C7H6NOS. The third kappa shape index (κ3) is 0.968. The van der Waals surface area contributed by atoms with Gasteiger partial charge in [-0.2, -0.15) is 0 Å². The van der Waals surface area contributed by atoms with Crippen molar-refractivity contribution in [3.8, 4) is 0 Å². The van der Waals surface area contributed by atoms with E-state index in [1.807, 2.05) is 6.07 Å². The largest absolute Gasteiger partial charge is 0.364 e. The van der Waals surface area contributed by atoms with Crippen LogP contribution in [0.3, 0.4) is 0 Å². The molecule has 2 rings (SSSR count). The average molecular weight is 152 g/mol. The van der Waals surface area contributed by atoms with Crippen LogP contribution in [0.2, 0.25) is 0 Å². The number of thioether (sulfide) groups is 1. The molecule has 0 unspecified atom stereocenters. The van der Waals surface area contributed by atoms with Crippen LogP contribution < -0.4 is 0 Å². The van der Waals surface area contributed by atoms with E-state index in [0.29, 0.717) is 0 Å². The molecule has 1 aromatic rings. The number of hydrogen-bond donors (Lipinski definition) is 0. The second kappa shape index (κ2) is 2.50. The van der Waals surface area contributed by atoms with Gasteiger partial charge in [0.05, 0.1) is 5.25 Å². The zero-order valence-electron chi connectivity index (χ0n) is 5.28. The van der Waals surface area contributed by atoms with Crippen LogP contribution in [0.25, 0.3) is 0 Å². The third-order valence-corrected chi connectivity index (χ3v) is 2.32. The summed E-state index contributed by atoms with van der Waals surface area (Å²) in [6, 6.07) is 1.88. The first kappa shape index (κ1) is 6.04. The minimum absolute atomic E-state index is 0.968. The Morgan fingerprint density at radius 1 is 1.60 bits per heavy atom. The fourth-order valence-electron chi connectivity index (χ4n) is 0.855. The van der Waals surface area contributed by atoms with E-state index in [0.717, 1.165) is 12.1 Å². The molecule has 10 heavy (non-hydrogen) atoms. The van der Waals surface area contributed by atoms with Crippen molar-refractivity contribution in [1.29, 1.82) is 0 Å². The highest BCUT2D eigenvalue weighted by Crippen LogP contribution is 2.35. The first-order valence-electron chi connectivity index (χ1n) is 3.05. The number of nitrogens with zero attached hydrogens (tertiary/aromatic N) is 1. The highest BCUT2D eigenvalue weighted by Gasteiger charge is 2.16. The van der Waals surface area contributed by atoms with Crippen molar-refractivity contribution in [2.45, 2.75) is 6.42 Å². The topological polar surface area (TPSA) is 26.0 Å². The zero-order chi connectivity index (χ0) is 6.81. The number of hydrogen-bond acceptors (Lipinski definition) is 3. The first-order chi connectivity index (χ1) is 4.97. The summed E-state index contributed by atoms with van der Waals surface area (Å²) in [6.45, 7) is 0. The number of aromatic nitrogens is 1. The summed E-state index contributed by atoms with van der Waals surface area (Å²) in [5.41, 5.74) is 0.968. The molecule has 1 aliphatic rings. The van der Waals surface area contributed by atoms with E-state index in [1.165, 1.54) is 5.25 Å². The summed E-state index contributed by atoms with van der Waals surface area (Å²) in [5.74, 6) is 0. The Morgan fingerprint density at radius 2 is 2.60 bits per heavy atom. The summed E-state index contributed by atoms with van der Waals surface area (Å²) < 4.78 is 4.71. The Labute approximate surface area is 63.3 Å². The van der Waals surface area contributed by atoms with Gasteiger partial charge in [-0.25, -0.2) is 0 Å². The lowest BCUT2D eigenvalue weighted by atomic mass is 10.2. The van der Waals surface area contributed by atoms with E-state index in [4.69, 9.17) is 4.52 Å². The molecule has 0 bridgehead atoms. The van der Waals surface area contributed by atoms with E-state index in [9.17, 15) is 0 Å². The van der Waals surface area contributed by atoms with Gasteiger partial charge in [-0.05, 0) is 11.8 Å². The molecular weight excluding hydrogens is 146 g/mol. The molecule has 3 heteroatoms. The maximum Gasteiger partial charge on any atom is 0.124 e. The maximum absolute atomic E-state index is 4.71. The molecule has 0 aliphatic carbocycles. The fourth-order valence-corrected chi connectivity index (χ4v) is 1.63.